The van der Waals surface area contributed by atoms with Crippen LogP contribution in [0.2, 0.25) is 10.0 Å². The van der Waals surface area contributed by atoms with E-state index in [0.717, 1.165) is 35.7 Å². The predicted molar refractivity (Wildman–Crippen MR) is 131 cm³/mol. The van der Waals surface area contributed by atoms with Gasteiger partial charge in [-0.3, -0.25) is 0 Å². The second-order valence-electron chi connectivity index (χ2n) is 8.05. The van der Waals surface area contributed by atoms with Crippen molar-refractivity contribution < 1.29 is 9.47 Å². The van der Waals surface area contributed by atoms with E-state index in [9.17, 15) is 0 Å². The third-order valence-corrected chi connectivity index (χ3v) is 6.07. The van der Waals surface area contributed by atoms with E-state index in [1.54, 1.807) is 0 Å². The first-order valence-corrected chi connectivity index (χ1v) is 11.5. The van der Waals surface area contributed by atoms with Gasteiger partial charge in [-0.15, -0.1) is 0 Å². The van der Waals surface area contributed by atoms with Gasteiger partial charge in [0.15, 0.2) is 0 Å². The number of ether oxygens (including phenoxy) is 2. The molecular formula is C24H30Cl2N4O2. The van der Waals surface area contributed by atoms with E-state index in [2.05, 4.69) is 9.98 Å². The summed E-state index contributed by atoms with van der Waals surface area (Å²) in [5.41, 5.74) is 13.6. The van der Waals surface area contributed by atoms with Crippen LogP contribution in [0.15, 0.2) is 58.5 Å². The van der Waals surface area contributed by atoms with Crippen LogP contribution in [0.4, 0.5) is 0 Å². The molecule has 4 atom stereocenters. The van der Waals surface area contributed by atoms with Crippen molar-refractivity contribution in [1.29, 1.82) is 0 Å². The summed E-state index contributed by atoms with van der Waals surface area (Å²) in [6.45, 7) is 3.99. The molecule has 2 aromatic carbocycles. The number of aryl methyl sites for hydroxylation is 2. The molecule has 0 spiro atoms. The topological polar surface area (TPSA) is 95.2 Å². The number of hydrogen-bond acceptors (Lipinski definition) is 6. The van der Waals surface area contributed by atoms with Crippen molar-refractivity contribution >= 4 is 35.2 Å². The summed E-state index contributed by atoms with van der Waals surface area (Å²) in [5.74, 6) is 0. The SMILES string of the molecule is C[C@@H]1OC(N)=N[C@H]1CCc1ccc(Cl)cc1.C[C@H]1OC(N)=N[C@H]1CCc1ccc(Cl)cc1. The predicted octanol–water partition coefficient (Wildman–Crippen LogP) is 4.75. The molecule has 172 valence electrons. The molecular weight excluding hydrogens is 447 g/mol. The third kappa shape index (κ3) is 7.31. The minimum absolute atomic E-state index is 0.0901. The van der Waals surface area contributed by atoms with Crippen LogP contribution in [-0.2, 0) is 22.3 Å². The van der Waals surface area contributed by atoms with Crippen LogP contribution in [0.5, 0.6) is 0 Å². The molecule has 6 nitrogen and oxygen atoms in total. The van der Waals surface area contributed by atoms with Crippen molar-refractivity contribution in [3.05, 3.63) is 69.7 Å². The van der Waals surface area contributed by atoms with Crippen LogP contribution in [0.1, 0.15) is 37.8 Å². The Labute approximate surface area is 199 Å². The number of aliphatic imine (C=N–C) groups is 2. The largest absolute Gasteiger partial charge is 0.460 e. The Hall–Kier alpha value is -2.44. The van der Waals surface area contributed by atoms with E-state index in [4.69, 9.17) is 44.1 Å². The van der Waals surface area contributed by atoms with Crippen LogP contribution in [0.25, 0.3) is 0 Å². The van der Waals surface area contributed by atoms with E-state index in [0.29, 0.717) is 12.0 Å². The van der Waals surface area contributed by atoms with Gasteiger partial charge < -0.3 is 20.9 Å². The Bertz CT molecular complexity index is 855. The molecule has 0 unspecified atom stereocenters. The van der Waals surface area contributed by atoms with Gasteiger partial charge in [0, 0.05) is 10.0 Å². The lowest BCUT2D eigenvalue weighted by molar-refractivity contribution is 0.205. The van der Waals surface area contributed by atoms with Gasteiger partial charge in [-0.2, -0.15) is 0 Å². The molecule has 4 N–H and O–H groups in total. The molecule has 32 heavy (non-hydrogen) atoms. The number of nitrogens with zero attached hydrogens (tertiary/aromatic N) is 2. The fourth-order valence-corrected chi connectivity index (χ4v) is 3.92. The maximum absolute atomic E-state index is 5.82. The minimum atomic E-state index is 0.0901. The maximum atomic E-state index is 5.82. The van der Waals surface area contributed by atoms with E-state index < -0.39 is 0 Å². The van der Waals surface area contributed by atoms with Gasteiger partial charge in [-0.25, -0.2) is 9.98 Å². The molecule has 2 heterocycles. The van der Waals surface area contributed by atoms with Gasteiger partial charge in [0.25, 0.3) is 12.0 Å². The number of rotatable bonds is 6. The molecule has 0 bridgehead atoms. The molecule has 0 saturated heterocycles. The van der Waals surface area contributed by atoms with Gasteiger partial charge in [-0.1, -0.05) is 47.5 Å². The summed E-state index contributed by atoms with van der Waals surface area (Å²) in [6.07, 6.45) is 4.01. The van der Waals surface area contributed by atoms with Gasteiger partial charge in [0.05, 0.1) is 12.1 Å². The fourth-order valence-electron chi connectivity index (χ4n) is 3.67. The Morgan fingerprint density at radius 2 is 1.03 bits per heavy atom. The Morgan fingerprint density at radius 1 is 0.688 bits per heavy atom. The molecule has 8 heteroatoms. The first-order chi connectivity index (χ1) is 15.3. The van der Waals surface area contributed by atoms with Crippen molar-refractivity contribution in [2.75, 3.05) is 0 Å². The summed E-state index contributed by atoms with van der Waals surface area (Å²) >= 11 is 11.6. The summed E-state index contributed by atoms with van der Waals surface area (Å²) in [6, 6.07) is 16.8. The second kappa shape index (κ2) is 11.4. The van der Waals surface area contributed by atoms with Crippen LogP contribution < -0.4 is 11.5 Å². The van der Waals surface area contributed by atoms with Crippen molar-refractivity contribution in [2.24, 2.45) is 21.5 Å². The zero-order valence-corrected chi connectivity index (χ0v) is 19.9. The van der Waals surface area contributed by atoms with Gasteiger partial charge in [-0.05, 0) is 74.9 Å². The van der Waals surface area contributed by atoms with Crippen molar-refractivity contribution in [3.63, 3.8) is 0 Å². The third-order valence-electron chi connectivity index (χ3n) is 5.57. The van der Waals surface area contributed by atoms with E-state index in [-0.39, 0.29) is 24.3 Å². The van der Waals surface area contributed by atoms with Crippen molar-refractivity contribution in [1.82, 2.24) is 0 Å². The van der Waals surface area contributed by atoms with Gasteiger partial charge >= 0.3 is 0 Å². The highest BCUT2D eigenvalue weighted by molar-refractivity contribution is 6.30. The molecule has 0 radical (unpaired) electrons. The van der Waals surface area contributed by atoms with Crippen LogP contribution in [0, 0.1) is 0 Å². The molecule has 0 aromatic heterocycles. The van der Waals surface area contributed by atoms with E-state index in [1.165, 1.54) is 11.1 Å². The number of benzene rings is 2. The standard InChI is InChI=1S/2C12H15ClN2O/c2*1-8-11(15-12(14)16-8)7-4-9-2-5-10(13)6-3-9/h2*2-3,5-6,8,11H,4,7H2,1H3,(H2,14,15)/t8-,11+;8-,11-/m10/s1. The number of halogens is 2. The highest BCUT2D eigenvalue weighted by Gasteiger charge is 2.25. The smallest absolute Gasteiger partial charge is 0.282 e. The van der Waals surface area contributed by atoms with E-state index in [1.807, 2.05) is 62.4 Å². The Kier molecular flexibility index (Phi) is 8.65. The fraction of sp³-hybridized carbons (Fsp3) is 0.417. The quantitative estimate of drug-likeness (QED) is 0.628. The highest BCUT2D eigenvalue weighted by atomic mass is 35.5. The lowest BCUT2D eigenvalue weighted by Gasteiger charge is -2.11. The lowest BCUT2D eigenvalue weighted by Crippen LogP contribution is -2.20. The summed E-state index contributed by atoms with van der Waals surface area (Å²) < 4.78 is 10.6. The number of nitrogens with two attached hydrogens (primary N) is 2. The summed E-state index contributed by atoms with van der Waals surface area (Å²) in [7, 11) is 0. The highest BCUT2D eigenvalue weighted by Crippen LogP contribution is 2.19. The summed E-state index contributed by atoms with van der Waals surface area (Å²) in [5, 5.41) is 1.53. The lowest BCUT2D eigenvalue weighted by atomic mass is 10.0. The van der Waals surface area contributed by atoms with Gasteiger partial charge in [0.2, 0.25) is 0 Å². The molecule has 0 amide bonds. The zero-order chi connectivity index (χ0) is 23.1. The van der Waals surface area contributed by atoms with Crippen molar-refractivity contribution in [2.45, 2.75) is 63.8 Å². The molecule has 2 aromatic rings. The molecule has 0 saturated carbocycles. The molecule has 2 aliphatic rings. The zero-order valence-electron chi connectivity index (χ0n) is 18.4. The van der Waals surface area contributed by atoms with E-state index >= 15 is 0 Å². The number of amidine groups is 2. The Morgan fingerprint density at radius 3 is 1.31 bits per heavy atom. The monoisotopic (exact) mass is 476 g/mol. The van der Waals surface area contributed by atoms with Crippen LogP contribution in [-0.4, -0.2) is 36.3 Å². The van der Waals surface area contributed by atoms with Crippen LogP contribution in [0.3, 0.4) is 0 Å². The maximum Gasteiger partial charge on any atom is 0.282 e. The van der Waals surface area contributed by atoms with Crippen LogP contribution >= 0.6 is 23.2 Å². The molecule has 0 aliphatic carbocycles. The average Bonchev–Trinajstić information content (AvgIpc) is 3.26. The second-order valence-corrected chi connectivity index (χ2v) is 8.92. The summed E-state index contributed by atoms with van der Waals surface area (Å²) in [4.78, 5) is 8.50. The average molecular weight is 477 g/mol. The normalized spacial score (nSPS) is 24.0. The molecule has 4 rings (SSSR count). The molecule has 2 aliphatic heterocycles. The first-order valence-electron chi connectivity index (χ1n) is 10.8. The minimum Gasteiger partial charge on any atom is -0.460 e. The Balaban J connectivity index is 0.000000181. The van der Waals surface area contributed by atoms with Crippen molar-refractivity contribution in [3.8, 4) is 0 Å². The first kappa shape index (κ1) is 24.2. The molecule has 0 fully saturated rings. The number of hydrogen-bond donors (Lipinski definition) is 2. The van der Waals surface area contributed by atoms with Gasteiger partial charge in [0.1, 0.15) is 12.2 Å².